The molecule has 0 aliphatic carbocycles. The second-order valence-corrected chi connectivity index (χ2v) is 7.37. The summed E-state index contributed by atoms with van der Waals surface area (Å²) in [7, 11) is 1.87. The quantitative estimate of drug-likeness (QED) is 0.256. The van der Waals surface area contributed by atoms with Gasteiger partial charge < -0.3 is 14.0 Å². The smallest absolute Gasteiger partial charge is 0.282 e. The van der Waals surface area contributed by atoms with E-state index in [1.54, 1.807) is 18.5 Å². The number of amides is 1. The Bertz CT molecular complexity index is 1160. The average molecular weight is 440 g/mol. The molecule has 1 N–H and O–H groups in total. The molecular formula is C19H16N6O5S. The van der Waals surface area contributed by atoms with Gasteiger partial charge in [0.05, 0.1) is 22.8 Å². The fourth-order valence-corrected chi connectivity index (χ4v) is 3.58. The number of ether oxygens (including phenoxy) is 2. The number of hydrazone groups is 1. The van der Waals surface area contributed by atoms with Gasteiger partial charge in [0.1, 0.15) is 6.33 Å². The molecule has 0 unspecified atom stereocenters. The van der Waals surface area contributed by atoms with Gasteiger partial charge in [-0.3, -0.25) is 14.9 Å². The number of benzene rings is 2. The van der Waals surface area contributed by atoms with Crippen LogP contribution in [-0.2, 0) is 12.8 Å². The highest BCUT2D eigenvalue weighted by Gasteiger charge is 2.22. The van der Waals surface area contributed by atoms with Crippen molar-refractivity contribution in [2.75, 3.05) is 6.79 Å². The van der Waals surface area contributed by atoms with Crippen molar-refractivity contribution in [2.45, 2.75) is 10.9 Å². The molecule has 11 nitrogen and oxygen atoms in total. The number of carbonyl (C=O) groups excluding carboxylic acids is 1. The summed E-state index contributed by atoms with van der Waals surface area (Å²) in [6.45, 7) is -0.00306. The summed E-state index contributed by atoms with van der Waals surface area (Å²) in [5, 5.41) is 23.7. The van der Waals surface area contributed by atoms with E-state index in [1.807, 2.05) is 23.7 Å². The van der Waals surface area contributed by atoms with Crippen molar-refractivity contribution in [2.24, 2.45) is 12.1 Å². The highest BCUT2D eigenvalue weighted by atomic mass is 32.2. The Morgan fingerprint density at radius 2 is 2.06 bits per heavy atom. The Balaban J connectivity index is 1.38. The van der Waals surface area contributed by atoms with Gasteiger partial charge in [0.25, 0.3) is 11.6 Å². The normalized spacial score (nSPS) is 12.3. The molecule has 0 saturated carbocycles. The van der Waals surface area contributed by atoms with E-state index in [1.165, 1.54) is 30.1 Å². The lowest BCUT2D eigenvalue weighted by Gasteiger charge is -2.04. The Hall–Kier alpha value is -3.93. The van der Waals surface area contributed by atoms with Crippen molar-refractivity contribution < 1.29 is 19.2 Å². The van der Waals surface area contributed by atoms with Crippen LogP contribution in [0.25, 0.3) is 0 Å². The highest BCUT2D eigenvalue weighted by molar-refractivity contribution is 7.98. The summed E-state index contributed by atoms with van der Waals surface area (Å²) < 4.78 is 12.2. The van der Waals surface area contributed by atoms with Crippen LogP contribution in [0.1, 0.15) is 21.5 Å². The number of carbonyl (C=O) groups is 1. The lowest BCUT2D eigenvalue weighted by atomic mass is 10.1. The summed E-state index contributed by atoms with van der Waals surface area (Å²) >= 11 is 1.54. The summed E-state index contributed by atoms with van der Waals surface area (Å²) in [5.74, 6) is 0.922. The predicted molar refractivity (Wildman–Crippen MR) is 111 cm³/mol. The van der Waals surface area contributed by atoms with Gasteiger partial charge in [0.15, 0.2) is 16.7 Å². The maximum absolute atomic E-state index is 12.3. The first-order valence-electron chi connectivity index (χ1n) is 8.98. The molecular weight excluding hydrogens is 424 g/mol. The average Bonchev–Trinajstić information content (AvgIpc) is 3.39. The van der Waals surface area contributed by atoms with Crippen molar-refractivity contribution in [3.63, 3.8) is 0 Å². The molecule has 4 rings (SSSR count). The van der Waals surface area contributed by atoms with Gasteiger partial charge in [0, 0.05) is 18.4 Å². The second kappa shape index (κ2) is 8.83. The molecule has 0 fully saturated rings. The number of fused-ring (bicyclic) bond motifs is 1. The van der Waals surface area contributed by atoms with Gasteiger partial charge in [-0.05, 0) is 23.8 Å². The number of hydrogen-bond acceptors (Lipinski definition) is 9. The third kappa shape index (κ3) is 4.64. The zero-order valence-electron chi connectivity index (χ0n) is 16.2. The summed E-state index contributed by atoms with van der Waals surface area (Å²) in [4.78, 5) is 23.0. The van der Waals surface area contributed by atoms with Crippen molar-refractivity contribution in [1.82, 2.24) is 20.2 Å². The lowest BCUT2D eigenvalue weighted by Crippen LogP contribution is -2.17. The first-order valence-corrected chi connectivity index (χ1v) is 9.97. The molecule has 1 amide bonds. The standard InChI is InChI=1S/C19H16N6O5S/c1-24-10-21-23-19(24)31-9-12-2-4-13(5-3-12)18(26)22-20-8-14-6-16-17(30-11-29-16)7-15(14)25(27)28/h2-8,10H,9,11H2,1H3,(H,22,26). The molecule has 0 atom stereocenters. The minimum atomic E-state index is -0.553. The van der Waals surface area contributed by atoms with Crippen LogP contribution in [0.3, 0.4) is 0 Å². The van der Waals surface area contributed by atoms with Crippen LogP contribution in [0.4, 0.5) is 5.69 Å². The lowest BCUT2D eigenvalue weighted by molar-refractivity contribution is -0.385. The molecule has 1 aliphatic rings. The number of nitro benzene ring substituents is 1. The third-order valence-electron chi connectivity index (χ3n) is 4.34. The maximum Gasteiger partial charge on any atom is 0.282 e. The third-order valence-corrected chi connectivity index (χ3v) is 5.45. The molecule has 0 bridgehead atoms. The number of hydrogen-bond donors (Lipinski definition) is 1. The van der Waals surface area contributed by atoms with Crippen molar-refractivity contribution in [3.05, 3.63) is 69.5 Å². The van der Waals surface area contributed by atoms with Crippen LogP contribution in [0.5, 0.6) is 11.5 Å². The number of aryl methyl sites for hydroxylation is 1. The Morgan fingerprint density at radius 1 is 1.32 bits per heavy atom. The Labute approximate surface area is 180 Å². The molecule has 12 heteroatoms. The molecule has 31 heavy (non-hydrogen) atoms. The van der Waals surface area contributed by atoms with Crippen LogP contribution in [0.15, 0.2) is 53.0 Å². The van der Waals surface area contributed by atoms with Gasteiger partial charge in [-0.15, -0.1) is 10.2 Å². The van der Waals surface area contributed by atoms with E-state index in [4.69, 9.17) is 9.47 Å². The van der Waals surface area contributed by atoms with Crippen molar-refractivity contribution >= 4 is 29.6 Å². The van der Waals surface area contributed by atoms with E-state index >= 15 is 0 Å². The van der Waals surface area contributed by atoms with Gasteiger partial charge in [0.2, 0.25) is 6.79 Å². The summed E-state index contributed by atoms with van der Waals surface area (Å²) in [6.07, 6.45) is 2.83. The monoisotopic (exact) mass is 440 g/mol. The van der Waals surface area contributed by atoms with Crippen molar-refractivity contribution in [1.29, 1.82) is 0 Å². The molecule has 158 valence electrons. The van der Waals surface area contributed by atoms with Crippen LogP contribution in [0, 0.1) is 10.1 Å². The molecule has 0 spiro atoms. The number of nitrogens with zero attached hydrogens (tertiary/aromatic N) is 5. The molecule has 0 radical (unpaired) electrons. The van der Waals surface area contributed by atoms with E-state index in [2.05, 4.69) is 20.7 Å². The second-order valence-electron chi connectivity index (χ2n) is 6.43. The molecule has 1 aliphatic heterocycles. The number of aromatic nitrogens is 3. The molecule has 2 heterocycles. The van der Waals surface area contributed by atoms with Gasteiger partial charge in [-0.25, -0.2) is 5.43 Å². The Morgan fingerprint density at radius 3 is 2.74 bits per heavy atom. The predicted octanol–water partition coefficient (Wildman–Crippen LogP) is 2.51. The molecule has 2 aromatic carbocycles. The SMILES string of the molecule is Cn1cnnc1SCc1ccc(C(=O)NN=Cc2cc3c(cc2[N+](=O)[O-])OCO3)cc1. The summed E-state index contributed by atoms with van der Waals surface area (Å²) in [5.41, 5.74) is 3.78. The number of nitro groups is 1. The van der Waals surface area contributed by atoms with Crippen LogP contribution >= 0.6 is 11.8 Å². The van der Waals surface area contributed by atoms with Crippen LogP contribution in [0.2, 0.25) is 0 Å². The first-order chi connectivity index (χ1) is 15.0. The first kappa shape index (κ1) is 20.3. The maximum atomic E-state index is 12.3. The van der Waals surface area contributed by atoms with Crippen LogP contribution < -0.4 is 14.9 Å². The van der Waals surface area contributed by atoms with Gasteiger partial charge >= 0.3 is 0 Å². The van der Waals surface area contributed by atoms with E-state index in [0.29, 0.717) is 22.8 Å². The minimum Gasteiger partial charge on any atom is -0.454 e. The van der Waals surface area contributed by atoms with E-state index in [9.17, 15) is 14.9 Å². The Kier molecular flexibility index (Phi) is 5.80. The van der Waals surface area contributed by atoms with E-state index in [-0.39, 0.29) is 18.0 Å². The number of thioether (sulfide) groups is 1. The largest absolute Gasteiger partial charge is 0.454 e. The minimum absolute atomic E-state index is 0.00306. The van der Waals surface area contributed by atoms with E-state index < -0.39 is 10.8 Å². The van der Waals surface area contributed by atoms with E-state index in [0.717, 1.165) is 10.7 Å². The number of rotatable bonds is 7. The number of nitrogens with one attached hydrogen (secondary N) is 1. The van der Waals surface area contributed by atoms with Crippen molar-refractivity contribution in [3.8, 4) is 11.5 Å². The topological polar surface area (TPSA) is 134 Å². The van der Waals surface area contributed by atoms with Gasteiger partial charge in [-0.2, -0.15) is 5.10 Å². The fourth-order valence-electron chi connectivity index (χ4n) is 2.74. The zero-order valence-corrected chi connectivity index (χ0v) is 17.0. The molecule has 0 saturated heterocycles. The fraction of sp³-hybridized carbons (Fsp3) is 0.158. The van der Waals surface area contributed by atoms with Crippen LogP contribution in [-0.4, -0.2) is 38.6 Å². The molecule has 1 aromatic heterocycles. The zero-order chi connectivity index (χ0) is 21.8. The summed E-state index contributed by atoms with van der Waals surface area (Å²) in [6, 6.07) is 9.75. The highest BCUT2D eigenvalue weighted by Crippen LogP contribution is 2.37. The van der Waals surface area contributed by atoms with Gasteiger partial charge in [-0.1, -0.05) is 23.9 Å². The molecule has 3 aromatic rings.